The summed E-state index contributed by atoms with van der Waals surface area (Å²) in [6.45, 7) is 3.08. The molecule has 0 saturated heterocycles. The molecule has 1 atom stereocenters. The Morgan fingerprint density at radius 3 is 2.84 bits per heavy atom. The van der Waals surface area contributed by atoms with Gasteiger partial charge in [0.15, 0.2) is 0 Å². The molecule has 0 radical (unpaired) electrons. The van der Waals surface area contributed by atoms with Crippen LogP contribution < -0.4 is 14.2 Å². The minimum atomic E-state index is -3.51. The zero-order valence-corrected chi connectivity index (χ0v) is 14.9. The Morgan fingerprint density at radius 2 is 1.96 bits per heavy atom. The summed E-state index contributed by atoms with van der Waals surface area (Å²) in [6.07, 6.45) is 2.42. The summed E-state index contributed by atoms with van der Waals surface area (Å²) in [5.74, 6) is 1.73. The second kappa shape index (κ2) is 6.35. The van der Waals surface area contributed by atoms with E-state index in [4.69, 9.17) is 9.47 Å². The summed E-state index contributed by atoms with van der Waals surface area (Å²) < 4.78 is 38.8. The third-order valence-electron chi connectivity index (χ3n) is 4.64. The van der Waals surface area contributed by atoms with E-state index in [1.165, 1.54) is 5.56 Å². The second-order valence-corrected chi connectivity index (χ2v) is 8.36. The third kappa shape index (κ3) is 3.37. The van der Waals surface area contributed by atoms with E-state index in [1.54, 1.807) is 18.2 Å². The maximum Gasteiger partial charge on any atom is 0.240 e. The lowest BCUT2D eigenvalue weighted by Crippen LogP contribution is -2.26. The molecule has 0 spiro atoms. The summed E-state index contributed by atoms with van der Waals surface area (Å²) in [7, 11) is -3.51. The number of fused-ring (bicyclic) bond motifs is 2. The van der Waals surface area contributed by atoms with Crippen LogP contribution >= 0.6 is 0 Å². The molecule has 0 unspecified atom stereocenters. The van der Waals surface area contributed by atoms with Crippen LogP contribution in [0.15, 0.2) is 41.3 Å². The fourth-order valence-electron chi connectivity index (χ4n) is 3.37. The van der Waals surface area contributed by atoms with Crippen LogP contribution in [0.2, 0.25) is 0 Å². The highest BCUT2D eigenvalue weighted by Gasteiger charge is 2.22. The Morgan fingerprint density at radius 1 is 1.12 bits per heavy atom. The van der Waals surface area contributed by atoms with Crippen molar-refractivity contribution < 1.29 is 17.9 Å². The van der Waals surface area contributed by atoms with E-state index in [-0.39, 0.29) is 6.10 Å². The van der Waals surface area contributed by atoms with Gasteiger partial charge in [0.1, 0.15) is 17.6 Å². The van der Waals surface area contributed by atoms with Crippen LogP contribution in [0, 0.1) is 0 Å². The molecule has 1 N–H and O–H groups in total. The molecule has 25 heavy (non-hydrogen) atoms. The molecular formula is C19H21NO4S. The zero-order valence-electron chi connectivity index (χ0n) is 14.1. The molecule has 2 heterocycles. The van der Waals surface area contributed by atoms with Gasteiger partial charge in [-0.1, -0.05) is 12.1 Å². The number of nitrogens with one attached hydrogen (secondary N) is 1. The molecule has 4 rings (SSSR count). The Balaban J connectivity index is 1.41. The molecular weight excluding hydrogens is 338 g/mol. The molecule has 2 aromatic rings. The van der Waals surface area contributed by atoms with Gasteiger partial charge < -0.3 is 9.47 Å². The lowest BCUT2D eigenvalue weighted by Gasteiger charge is -2.09. The Hall–Kier alpha value is -2.05. The first kappa shape index (κ1) is 16.4. The lowest BCUT2D eigenvalue weighted by molar-refractivity contribution is 0.254. The first-order valence-electron chi connectivity index (χ1n) is 8.55. The van der Waals surface area contributed by atoms with Crippen molar-refractivity contribution in [2.75, 3.05) is 13.2 Å². The van der Waals surface area contributed by atoms with E-state index in [0.717, 1.165) is 42.1 Å². The number of hydrogen-bond donors (Lipinski definition) is 1. The van der Waals surface area contributed by atoms with Crippen molar-refractivity contribution in [3.63, 3.8) is 0 Å². The quantitative estimate of drug-likeness (QED) is 0.891. The van der Waals surface area contributed by atoms with Gasteiger partial charge in [-0.15, -0.1) is 0 Å². The number of sulfonamides is 1. The van der Waals surface area contributed by atoms with Crippen molar-refractivity contribution in [2.45, 2.75) is 37.2 Å². The Bertz CT molecular complexity index is 908. The molecule has 0 bridgehead atoms. The summed E-state index contributed by atoms with van der Waals surface area (Å²) >= 11 is 0. The smallest absolute Gasteiger partial charge is 0.240 e. The van der Waals surface area contributed by atoms with Gasteiger partial charge in [-0.3, -0.25) is 0 Å². The largest absolute Gasteiger partial charge is 0.493 e. The number of benzene rings is 2. The van der Waals surface area contributed by atoms with Crippen molar-refractivity contribution in [3.05, 3.63) is 53.1 Å². The maximum absolute atomic E-state index is 12.5. The fraction of sp³-hybridized carbons (Fsp3) is 0.368. The predicted octanol–water partition coefficient (Wildman–Crippen LogP) is 2.47. The highest BCUT2D eigenvalue weighted by atomic mass is 32.2. The Kier molecular flexibility index (Phi) is 4.17. The topological polar surface area (TPSA) is 64.6 Å². The van der Waals surface area contributed by atoms with Gasteiger partial charge in [0.05, 0.1) is 11.5 Å². The van der Waals surface area contributed by atoms with Gasteiger partial charge in [-0.25, -0.2) is 13.1 Å². The highest BCUT2D eigenvalue weighted by Crippen LogP contribution is 2.30. The van der Waals surface area contributed by atoms with Gasteiger partial charge in [-0.05, 0) is 54.3 Å². The predicted molar refractivity (Wildman–Crippen MR) is 94.8 cm³/mol. The van der Waals surface area contributed by atoms with Crippen molar-refractivity contribution >= 4 is 10.0 Å². The fourth-order valence-corrected chi connectivity index (χ4v) is 4.46. The van der Waals surface area contributed by atoms with E-state index < -0.39 is 10.0 Å². The van der Waals surface area contributed by atoms with Gasteiger partial charge in [-0.2, -0.15) is 0 Å². The summed E-state index contributed by atoms with van der Waals surface area (Å²) in [4.78, 5) is 0.298. The average molecular weight is 359 g/mol. The van der Waals surface area contributed by atoms with Crippen LogP contribution in [0.5, 0.6) is 11.5 Å². The van der Waals surface area contributed by atoms with Crippen LogP contribution in [-0.4, -0.2) is 27.7 Å². The molecule has 132 valence electrons. The monoisotopic (exact) mass is 359 g/mol. The van der Waals surface area contributed by atoms with E-state index in [2.05, 4.69) is 10.8 Å². The minimum absolute atomic E-state index is 0.102. The van der Waals surface area contributed by atoms with E-state index in [1.807, 2.05) is 19.1 Å². The molecule has 0 fully saturated rings. The second-order valence-electron chi connectivity index (χ2n) is 6.59. The van der Waals surface area contributed by atoms with E-state index in [9.17, 15) is 8.42 Å². The van der Waals surface area contributed by atoms with Crippen molar-refractivity contribution in [3.8, 4) is 11.5 Å². The van der Waals surface area contributed by atoms with Crippen LogP contribution in [0.4, 0.5) is 0 Å². The molecule has 0 aromatic heterocycles. The van der Waals surface area contributed by atoms with Crippen LogP contribution in [0.3, 0.4) is 0 Å². The van der Waals surface area contributed by atoms with Gasteiger partial charge in [0.25, 0.3) is 0 Å². The lowest BCUT2D eigenvalue weighted by atomic mass is 10.1. The average Bonchev–Trinajstić information content (AvgIpc) is 3.18. The number of hydrogen-bond acceptors (Lipinski definition) is 4. The van der Waals surface area contributed by atoms with E-state index >= 15 is 0 Å². The molecule has 0 aliphatic carbocycles. The van der Waals surface area contributed by atoms with Crippen molar-refractivity contribution in [1.82, 2.24) is 4.72 Å². The van der Waals surface area contributed by atoms with Crippen LogP contribution in [0.25, 0.3) is 0 Å². The molecule has 6 heteroatoms. The third-order valence-corrected chi connectivity index (χ3v) is 6.10. The summed E-state index contributed by atoms with van der Waals surface area (Å²) in [5, 5.41) is 0. The standard InChI is InChI=1S/C19H21NO4S/c1-13-10-16-12-17(3-5-19(16)24-13)25(21,22)20-8-6-14-2-4-18-15(11-14)7-9-23-18/h2-5,11-13,20H,6-10H2,1H3/t13-/m0/s1. The number of rotatable bonds is 5. The summed E-state index contributed by atoms with van der Waals surface area (Å²) in [6, 6.07) is 11.1. The normalized spacial score (nSPS) is 18.4. The van der Waals surface area contributed by atoms with Gasteiger partial charge in [0.2, 0.25) is 10.0 Å². The molecule has 2 aliphatic rings. The zero-order chi connectivity index (χ0) is 17.4. The van der Waals surface area contributed by atoms with Crippen LogP contribution in [-0.2, 0) is 29.3 Å². The Labute approximate surface area is 148 Å². The highest BCUT2D eigenvalue weighted by molar-refractivity contribution is 7.89. The van der Waals surface area contributed by atoms with Crippen LogP contribution in [0.1, 0.15) is 23.6 Å². The van der Waals surface area contributed by atoms with Crippen molar-refractivity contribution in [2.24, 2.45) is 0 Å². The minimum Gasteiger partial charge on any atom is -0.493 e. The van der Waals surface area contributed by atoms with E-state index in [0.29, 0.717) is 17.9 Å². The first-order chi connectivity index (χ1) is 12.0. The molecule has 0 saturated carbocycles. The maximum atomic E-state index is 12.5. The SMILES string of the molecule is C[C@H]1Cc2cc(S(=O)(=O)NCCc3ccc4c(c3)CCO4)ccc2O1. The van der Waals surface area contributed by atoms with Gasteiger partial charge in [0, 0.05) is 19.4 Å². The molecule has 0 amide bonds. The van der Waals surface area contributed by atoms with Gasteiger partial charge >= 0.3 is 0 Å². The number of ether oxygens (including phenoxy) is 2. The summed E-state index contributed by atoms with van der Waals surface area (Å²) in [5.41, 5.74) is 3.27. The molecule has 2 aliphatic heterocycles. The first-order valence-corrected chi connectivity index (χ1v) is 10.0. The molecule has 2 aromatic carbocycles. The van der Waals surface area contributed by atoms with Crippen molar-refractivity contribution in [1.29, 1.82) is 0 Å². The molecule has 5 nitrogen and oxygen atoms in total.